The Bertz CT molecular complexity index is 1750. The lowest BCUT2D eigenvalue weighted by Gasteiger charge is -2.15. The zero-order valence-electron chi connectivity index (χ0n) is 20.8. The molecular weight excluding hydrogens is 542 g/mol. The summed E-state index contributed by atoms with van der Waals surface area (Å²) in [6, 6.07) is 15.1. The highest BCUT2D eigenvalue weighted by molar-refractivity contribution is 6.31. The second-order valence-corrected chi connectivity index (χ2v) is 9.71. The van der Waals surface area contributed by atoms with E-state index in [1.165, 1.54) is 11.0 Å². The molecule has 202 valence electrons. The lowest BCUT2D eigenvalue weighted by molar-refractivity contribution is 0.0891. The van der Waals surface area contributed by atoms with Crippen LogP contribution in [0.5, 0.6) is 0 Å². The second-order valence-electron chi connectivity index (χ2n) is 9.27. The van der Waals surface area contributed by atoms with Gasteiger partial charge in [0.1, 0.15) is 12.2 Å². The summed E-state index contributed by atoms with van der Waals surface area (Å²) in [6.07, 6.45) is 1.89. The summed E-state index contributed by atoms with van der Waals surface area (Å²) >= 11 is 6.29. The molecule has 2 N–H and O–H groups in total. The van der Waals surface area contributed by atoms with Gasteiger partial charge in [-0.2, -0.15) is 4.68 Å². The van der Waals surface area contributed by atoms with Gasteiger partial charge in [-0.05, 0) is 70.8 Å². The molecule has 0 saturated heterocycles. The summed E-state index contributed by atoms with van der Waals surface area (Å²) in [6.45, 7) is -0.701. The van der Waals surface area contributed by atoms with Crippen molar-refractivity contribution in [1.29, 1.82) is 0 Å². The number of aryl methyl sites for hydroxylation is 1. The molecule has 0 fully saturated rings. The predicted octanol–water partition coefficient (Wildman–Crippen LogP) is 4.07. The first-order valence-electron chi connectivity index (χ1n) is 12.4. The molecular formula is C27H21ClF2N8O2. The van der Waals surface area contributed by atoms with Gasteiger partial charge in [-0.1, -0.05) is 23.7 Å². The first-order chi connectivity index (χ1) is 19.4. The number of tetrazole rings is 1. The van der Waals surface area contributed by atoms with Crippen molar-refractivity contribution < 1.29 is 13.6 Å². The lowest BCUT2D eigenvalue weighted by Crippen LogP contribution is -2.28. The number of halogens is 3. The molecule has 1 aliphatic rings. The first-order valence-corrected chi connectivity index (χ1v) is 12.8. The molecule has 3 aromatic heterocycles. The fraction of sp³-hybridized carbons (Fsp3) is 0.185. The summed E-state index contributed by atoms with van der Waals surface area (Å²) in [4.78, 5) is 33.3. The molecule has 1 amide bonds. The molecule has 0 unspecified atom stereocenters. The molecule has 1 aliphatic heterocycles. The number of rotatable bonds is 7. The number of hydrogen-bond acceptors (Lipinski definition) is 6. The molecule has 2 aromatic carbocycles. The molecule has 1 atom stereocenters. The minimum atomic E-state index is -2.61. The van der Waals surface area contributed by atoms with Crippen molar-refractivity contribution in [2.75, 3.05) is 6.54 Å². The van der Waals surface area contributed by atoms with E-state index in [1.807, 2.05) is 6.07 Å². The second kappa shape index (κ2) is 10.5. The fourth-order valence-electron chi connectivity index (χ4n) is 4.95. The van der Waals surface area contributed by atoms with Crippen LogP contribution in [-0.2, 0) is 6.42 Å². The van der Waals surface area contributed by atoms with Crippen LogP contribution in [0.15, 0.2) is 71.9 Å². The molecule has 0 spiro atoms. The maximum Gasteiger partial charge on any atom is 0.255 e. The van der Waals surface area contributed by atoms with E-state index in [2.05, 4.69) is 30.8 Å². The Morgan fingerprint density at radius 1 is 1.12 bits per heavy atom. The number of pyridine rings is 1. The summed E-state index contributed by atoms with van der Waals surface area (Å²) in [5, 5.41) is 14.1. The average molecular weight is 563 g/mol. The van der Waals surface area contributed by atoms with Crippen molar-refractivity contribution in [3.8, 4) is 28.1 Å². The molecule has 6 rings (SSSR count). The number of imidazole rings is 1. The average Bonchev–Trinajstić information content (AvgIpc) is 3.73. The van der Waals surface area contributed by atoms with Crippen LogP contribution in [-0.4, -0.2) is 53.6 Å². The van der Waals surface area contributed by atoms with Crippen molar-refractivity contribution in [1.82, 2.24) is 40.1 Å². The number of alkyl halides is 2. The van der Waals surface area contributed by atoms with Crippen LogP contribution >= 0.6 is 11.6 Å². The van der Waals surface area contributed by atoms with Gasteiger partial charge >= 0.3 is 0 Å². The van der Waals surface area contributed by atoms with Crippen LogP contribution in [0, 0.1) is 0 Å². The van der Waals surface area contributed by atoms with Gasteiger partial charge in [0.05, 0.1) is 30.2 Å². The van der Waals surface area contributed by atoms with Crippen LogP contribution in [0.1, 0.15) is 34.3 Å². The zero-order chi connectivity index (χ0) is 27.8. The Kier molecular flexibility index (Phi) is 6.68. The quantitative estimate of drug-likeness (QED) is 0.308. The number of aromatic nitrogens is 7. The van der Waals surface area contributed by atoms with E-state index in [-0.39, 0.29) is 17.2 Å². The van der Waals surface area contributed by atoms with E-state index >= 15 is 0 Å². The molecule has 10 nitrogen and oxygen atoms in total. The maximum atomic E-state index is 13.4. The number of hydrogen-bond donors (Lipinski definition) is 2. The molecule has 4 heterocycles. The number of fused-ring (bicyclic) bond motifs is 1. The zero-order valence-corrected chi connectivity index (χ0v) is 21.5. The van der Waals surface area contributed by atoms with Crippen molar-refractivity contribution >= 4 is 17.5 Å². The van der Waals surface area contributed by atoms with Crippen molar-refractivity contribution in [3.05, 3.63) is 99.6 Å². The van der Waals surface area contributed by atoms with E-state index in [4.69, 9.17) is 11.6 Å². The molecule has 0 aliphatic carbocycles. The van der Waals surface area contributed by atoms with Crippen molar-refractivity contribution in [3.63, 3.8) is 0 Å². The monoisotopic (exact) mass is 562 g/mol. The first kappa shape index (κ1) is 25.6. The molecule has 0 radical (unpaired) electrons. The number of nitrogens with one attached hydrogen (secondary N) is 2. The summed E-state index contributed by atoms with van der Waals surface area (Å²) < 4.78 is 28.0. The Morgan fingerprint density at radius 3 is 2.70 bits per heavy atom. The molecule has 0 saturated carbocycles. The third kappa shape index (κ3) is 4.89. The highest BCUT2D eigenvalue weighted by Crippen LogP contribution is 2.34. The predicted molar refractivity (Wildman–Crippen MR) is 143 cm³/mol. The smallest absolute Gasteiger partial charge is 0.255 e. The van der Waals surface area contributed by atoms with Gasteiger partial charge in [0.25, 0.3) is 17.9 Å². The SMILES string of the molecule is O=C(NCC(F)F)c1ccc(-c2cnc([C@@H]3CCc4cc(-c5cc(Cl)ccc5-n5cnnn5)cc(=O)n43)[nH]2)cc1. The van der Waals surface area contributed by atoms with Crippen LogP contribution in [0.3, 0.4) is 0 Å². The highest BCUT2D eigenvalue weighted by Gasteiger charge is 2.28. The number of H-pyrrole nitrogens is 1. The Hall–Kier alpha value is -4.71. The number of benzene rings is 2. The molecule has 13 heteroatoms. The largest absolute Gasteiger partial charge is 0.346 e. The van der Waals surface area contributed by atoms with E-state index in [0.717, 1.165) is 16.8 Å². The van der Waals surface area contributed by atoms with Gasteiger partial charge < -0.3 is 14.9 Å². The van der Waals surface area contributed by atoms with Crippen LogP contribution in [0.4, 0.5) is 8.78 Å². The Labute approximate surface area is 230 Å². The Balaban J connectivity index is 1.27. The minimum absolute atomic E-state index is 0.172. The number of nitrogens with zero attached hydrogens (tertiary/aromatic N) is 6. The fourth-order valence-corrected chi connectivity index (χ4v) is 5.12. The van der Waals surface area contributed by atoms with Gasteiger partial charge in [-0.3, -0.25) is 9.59 Å². The van der Waals surface area contributed by atoms with Crippen LogP contribution in [0.2, 0.25) is 5.02 Å². The standard InChI is InChI=1S/C27H21ClF2N8O2/c28-18-5-7-22(37-14-33-35-36-37)20(11-18)17-9-19-6-8-23(38(19)25(39)10-17)26-31-12-21(34-26)15-1-3-16(4-2-15)27(40)32-13-24(29)30/h1-5,7,9-12,14,23-24H,6,8,13H2,(H,31,34)(H,32,40)/t23-/m0/s1. The van der Waals surface area contributed by atoms with Crippen molar-refractivity contribution in [2.45, 2.75) is 25.3 Å². The maximum absolute atomic E-state index is 13.4. The lowest BCUT2D eigenvalue weighted by atomic mass is 10.0. The van der Waals surface area contributed by atoms with Gasteiger partial charge in [0.2, 0.25) is 0 Å². The summed E-state index contributed by atoms with van der Waals surface area (Å²) in [5.74, 6) is 0.0702. The summed E-state index contributed by atoms with van der Waals surface area (Å²) in [7, 11) is 0. The number of amides is 1. The number of carbonyl (C=O) groups excluding carboxylic acids is 1. The third-order valence-electron chi connectivity index (χ3n) is 6.79. The van der Waals surface area contributed by atoms with Gasteiger partial charge in [0, 0.05) is 27.9 Å². The minimum Gasteiger partial charge on any atom is -0.346 e. The van der Waals surface area contributed by atoms with Crippen LogP contribution < -0.4 is 10.9 Å². The van der Waals surface area contributed by atoms with Crippen molar-refractivity contribution in [2.24, 2.45) is 0 Å². The normalized spacial score (nSPS) is 14.4. The van der Waals surface area contributed by atoms with Crippen LogP contribution in [0.25, 0.3) is 28.1 Å². The summed E-state index contributed by atoms with van der Waals surface area (Å²) in [5.41, 5.74) is 4.58. The van der Waals surface area contributed by atoms with E-state index in [9.17, 15) is 18.4 Å². The number of aromatic amines is 1. The van der Waals surface area contributed by atoms with E-state index in [0.29, 0.717) is 40.6 Å². The number of carbonyl (C=O) groups is 1. The van der Waals surface area contributed by atoms with Gasteiger partial charge in [-0.15, -0.1) is 5.10 Å². The highest BCUT2D eigenvalue weighted by atomic mass is 35.5. The van der Waals surface area contributed by atoms with Gasteiger partial charge in [-0.25, -0.2) is 13.8 Å². The topological polar surface area (TPSA) is 123 Å². The molecule has 40 heavy (non-hydrogen) atoms. The molecule has 5 aromatic rings. The van der Waals surface area contributed by atoms with Gasteiger partial charge in [0.15, 0.2) is 0 Å². The third-order valence-corrected chi connectivity index (χ3v) is 7.02. The Morgan fingerprint density at radius 2 is 1.95 bits per heavy atom. The molecule has 0 bridgehead atoms. The van der Waals surface area contributed by atoms with E-state index in [1.54, 1.807) is 59.3 Å². The van der Waals surface area contributed by atoms with E-state index < -0.39 is 18.9 Å².